The van der Waals surface area contributed by atoms with Crippen molar-refractivity contribution in [3.05, 3.63) is 80.1 Å². The van der Waals surface area contributed by atoms with E-state index < -0.39 is 17.3 Å². The van der Waals surface area contributed by atoms with E-state index in [-0.39, 0.29) is 11.3 Å². The van der Waals surface area contributed by atoms with Crippen LogP contribution in [0.4, 0.5) is 0 Å². The summed E-state index contributed by atoms with van der Waals surface area (Å²) in [4.78, 5) is 26.7. The summed E-state index contributed by atoms with van der Waals surface area (Å²) in [6.45, 7) is 6.51. The molecule has 182 valence electrons. The van der Waals surface area contributed by atoms with Gasteiger partial charge in [0.05, 0.1) is 41.5 Å². The number of hydrogen-bond acceptors (Lipinski definition) is 5. The molecule has 35 heavy (non-hydrogen) atoms. The van der Waals surface area contributed by atoms with Crippen LogP contribution in [0.15, 0.2) is 52.1 Å². The fraction of sp³-hybridized carbons (Fsp3) is 0.333. The Morgan fingerprint density at radius 3 is 2.51 bits per heavy atom. The molecule has 8 heteroatoms. The first-order chi connectivity index (χ1) is 16.6. The highest BCUT2D eigenvalue weighted by atomic mass is 16.5. The van der Waals surface area contributed by atoms with Crippen LogP contribution in [0.5, 0.6) is 11.5 Å². The topological polar surface area (TPSA) is 87.6 Å². The summed E-state index contributed by atoms with van der Waals surface area (Å²) in [5.41, 5.74) is 3.48. The van der Waals surface area contributed by atoms with Crippen LogP contribution >= 0.6 is 0 Å². The average Bonchev–Trinajstić information content (AvgIpc) is 3.20. The highest BCUT2D eigenvalue weighted by Crippen LogP contribution is 2.46. The molecular formula is C27H29N3O5. The van der Waals surface area contributed by atoms with Gasteiger partial charge in [0.1, 0.15) is 6.10 Å². The number of rotatable bonds is 3. The van der Waals surface area contributed by atoms with Crippen molar-refractivity contribution in [2.45, 2.75) is 32.4 Å². The fourth-order valence-electron chi connectivity index (χ4n) is 5.17. The molecule has 3 heterocycles. The summed E-state index contributed by atoms with van der Waals surface area (Å²) in [5, 5.41) is 10.6. The number of ether oxygens (including phenoxy) is 2. The van der Waals surface area contributed by atoms with E-state index in [0.29, 0.717) is 23.3 Å². The summed E-state index contributed by atoms with van der Waals surface area (Å²) < 4.78 is 16.6. The maximum atomic E-state index is 13.6. The van der Waals surface area contributed by atoms with Gasteiger partial charge in [0, 0.05) is 14.1 Å². The molecule has 0 amide bonds. The minimum absolute atomic E-state index is 0.0225. The van der Waals surface area contributed by atoms with Gasteiger partial charge in [0.15, 0.2) is 11.5 Å². The molecule has 1 aliphatic heterocycles. The Hall–Kier alpha value is -3.78. The van der Waals surface area contributed by atoms with Crippen molar-refractivity contribution in [2.24, 2.45) is 14.1 Å². The largest absolute Gasteiger partial charge is 0.504 e. The summed E-state index contributed by atoms with van der Waals surface area (Å²) >= 11 is 0. The maximum Gasteiger partial charge on any atom is 0.331 e. The van der Waals surface area contributed by atoms with E-state index in [4.69, 9.17) is 9.47 Å². The average molecular weight is 476 g/mol. The van der Waals surface area contributed by atoms with Crippen molar-refractivity contribution in [1.82, 2.24) is 13.7 Å². The Balaban J connectivity index is 1.99. The molecule has 1 aliphatic rings. The monoisotopic (exact) mass is 475 g/mol. The van der Waals surface area contributed by atoms with Crippen molar-refractivity contribution in [3.63, 3.8) is 0 Å². The van der Waals surface area contributed by atoms with Crippen LogP contribution in [0, 0.1) is 6.92 Å². The van der Waals surface area contributed by atoms with Crippen LogP contribution in [0.2, 0.25) is 0 Å². The predicted molar refractivity (Wildman–Crippen MR) is 134 cm³/mol. The minimum Gasteiger partial charge on any atom is -0.504 e. The molecule has 2 aromatic carbocycles. The van der Waals surface area contributed by atoms with Crippen molar-refractivity contribution < 1.29 is 14.6 Å². The molecule has 1 N–H and O–H groups in total. The number of methoxy groups -OCH3 is 1. The molecule has 2 aromatic heterocycles. The number of nitrogens with zero attached hydrogens (tertiary/aromatic N) is 3. The minimum atomic E-state index is -0.587. The van der Waals surface area contributed by atoms with Gasteiger partial charge in [-0.05, 0) is 50.1 Å². The molecule has 0 radical (unpaired) electrons. The molecule has 0 spiro atoms. The number of aryl methyl sites for hydroxylation is 2. The van der Waals surface area contributed by atoms with Crippen LogP contribution in [0.25, 0.3) is 22.2 Å². The normalized spacial score (nSPS) is 16.9. The van der Waals surface area contributed by atoms with Crippen molar-refractivity contribution in [1.29, 1.82) is 0 Å². The zero-order valence-electron chi connectivity index (χ0n) is 20.7. The van der Waals surface area contributed by atoms with Gasteiger partial charge in [-0.25, -0.2) is 4.79 Å². The Labute approximate surface area is 202 Å². The van der Waals surface area contributed by atoms with Gasteiger partial charge in [-0.3, -0.25) is 13.9 Å². The second-order valence-electron chi connectivity index (χ2n) is 9.80. The summed E-state index contributed by atoms with van der Waals surface area (Å²) in [5.74, 6) is 0.344. The number of aromatic hydroxyl groups is 1. The molecular weight excluding hydrogens is 446 g/mol. The van der Waals surface area contributed by atoms with E-state index in [0.717, 1.165) is 32.6 Å². The summed E-state index contributed by atoms with van der Waals surface area (Å²) in [6, 6.07) is 13.1. The predicted octanol–water partition coefficient (Wildman–Crippen LogP) is 3.58. The van der Waals surface area contributed by atoms with E-state index in [2.05, 4.69) is 24.5 Å². The molecule has 1 unspecified atom stereocenters. The van der Waals surface area contributed by atoms with Gasteiger partial charge in [-0.15, -0.1) is 0 Å². The molecule has 0 bridgehead atoms. The molecule has 8 nitrogen and oxygen atoms in total. The van der Waals surface area contributed by atoms with Crippen molar-refractivity contribution in [2.75, 3.05) is 13.7 Å². The summed E-state index contributed by atoms with van der Waals surface area (Å²) in [7, 11) is 4.68. The molecule has 0 saturated heterocycles. The Bertz CT molecular complexity index is 1610. The number of benzene rings is 2. The lowest BCUT2D eigenvalue weighted by atomic mass is 9.97. The number of aromatic nitrogens is 3. The van der Waals surface area contributed by atoms with E-state index in [9.17, 15) is 14.7 Å². The van der Waals surface area contributed by atoms with Gasteiger partial charge in [0.2, 0.25) is 0 Å². The van der Waals surface area contributed by atoms with E-state index >= 15 is 0 Å². The zero-order valence-corrected chi connectivity index (χ0v) is 20.7. The molecule has 5 rings (SSSR count). The standard InChI is InChI=1S/C27H29N3O5/c1-15-8-7-9-16(12-15)21-20-22(28(4)26(33)29(5)25(20)32)23-24(35-14-27(2,3)30(21)23)17-10-11-18(31)19(13-17)34-6/h7-13,24,31H,14H2,1-6H3. The maximum absolute atomic E-state index is 13.6. The fourth-order valence-corrected chi connectivity index (χ4v) is 5.17. The van der Waals surface area contributed by atoms with Crippen molar-refractivity contribution in [3.8, 4) is 22.8 Å². The zero-order chi connectivity index (χ0) is 25.2. The highest BCUT2D eigenvalue weighted by molar-refractivity contribution is 5.97. The third-order valence-electron chi connectivity index (χ3n) is 6.86. The van der Waals surface area contributed by atoms with E-state index in [1.807, 2.05) is 25.1 Å². The van der Waals surface area contributed by atoms with Gasteiger partial charge >= 0.3 is 5.69 Å². The quantitative estimate of drug-likeness (QED) is 0.489. The third-order valence-corrected chi connectivity index (χ3v) is 6.86. The lowest BCUT2D eigenvalue weighted by Crippen LogP contribution is -2.40. The van der Waals surface area contributed by atoms with E-state index in [1.54, 1.807) is 25.2 Å². The Morgan fingerprint density at radius 2 is 1.83 bits per heavy atom. The van der Waals surface area contributed by atoms with Crippen LogP contribution < -0.4 is 16.0 Å². The van der Waals surface area contributed by atoms with Gasteiger partial charge < -0.3 is 19.1 Å². The van der Waals surface area contributed by atoms with Crippen molar-refractivity contribution >= 4 is 10.9 Å². The number of hydrogen-bond donors (Lipinski definition) is 1. The van der Waals surface area contributed by atoms with Crippen LogP contribution in [-0.2, 0) is 24.4 Å². The van der Waals surface area contributed by atoms with E-state index in [1.165, 1.54) is 18.7 Å². The molecule has 1 atom stereocenters. The summed E-state index contributed by atoms with van der Waals surface area (Å²) in [6.07, 6.45) is -0.587. The Morgan fingerprint density at radius 1 is 1.09 bits per heavy atom. The second kappa shape index (κ2) is 7.88. The smallest absolute Gasteiger partial charge is 0.331 e. The van der Waals surface area contributed by atoms with Gasteiger partial charge in [0.25, 0.3) is 5.56 Å². The van der Waals surface area contributed by atoms with Crippen LogP contribution in [-0.4, -0.2) is 32.5 Å². The van der Waals surface area contributed by atoms with Crippen LogP contribution in [0.3, 0.4) is 0 Å². The highest BCUT2D eigenvalue weighted by Gasteiger charge is 2.40. The second-order valence-corrected chi connectivity index (χ2v) is 9.80. The van der Waals surface area contributed by atoms with Gasteiger partial charge in [-0.1, -0.05) is 29.8 Å². The van der Waals surface area contributed by atoms with Crippen LogP contribution in [0.1, 0.15) is 36.8 Å². The molecule has 0 saturated carbocycles. The molecule has 0 aliphatic carbocycles. The third kappa shape index (κ3) is 3.31. The lowest BCUT2D eigenvalue weighted by Gasteiger charge is -2.39. The molecule has 0 fully saturated rings. The van der Waals surface area contributed by atoms with Gasteiger partial charge in [-0.2, -0.15) is 0 Å². The number of phenols is 1. The SMILES string of the molecule is COc1cc(C2OCC(C)(C)n3c(-c4cccc(C)c4)c4c(=O)n(C)c(=O)n(C)c4c32)ccc1O. The number of fused-ring (bicyclic) bond motifs is 3. The first-order valence-electron chi connectivity index (χ1n) is 11.5. The first-order valence-corrected chi connectivity index (χ1v) is 11.5. The lowest BCUT2D eigenvalue weighted by molar-refractivity contribution is -0.00716. The first kappa shape index (κ1) is 23.0. The Kier molecular flexibility index (Phi) is 5.18. The molecule has 4 aromatic rings. The number of phenolic OH excluding ortho intramolecular Hbond substituents is 1.